The van der Waals surface area contributed by atoms with E-state index in [9.17, 15) is 14.4 Å². The van der Waals surface area contributed by atoms with Crippen molar-refractivity contribution in [3.8, 4) is 0 Å². The summed E-state index contributed by atoms with van der Waals surface area (Å²) in [5.41, 5.74) is 1.61. The number of carbonyl (C=O) groups excluding carboxylic acids is 2. The van der Waals surface area contributed by atoms with Gasteiger partial charge in [-0.25, -0.2) is 9.59 Å². The SMILES string of the molecule is CC(C)OC(=O)C(=O)/C=C(\Nc1cccc(C(=O)O)c1)c1ccccc1. The van der Waals surface area contributed by atoms with Crippen LogP contribution in [0.3, 0.4) is 0 Å². The van der Waals surface area contributed by atoms with E-state index in [4.69, 9.17) is 9.84 Å². The number of anilines is 1. The van der Waals surface area contributed by atoms with E-state index in [0.717, 1.165) is 6.08 Å². The minimum absolute atomic E-state index is 0.105. The number of carbonyl (C=O) groups is 3. The third-order valence-corrected chi connectivity index (χ3v) is 3.29. The van der Waals surface area contributed by atoms with Crippen molar-refractivity contribution in [3.05, 3.63) is 71.8 Å². The second-order valence-electron chi connectivity index (χ2n) is 5.75. The summed E-state index contributed by atoms with van der Waals surface area (Å²) in [6, 6.07) is 15.1. The van der Waals surface area contributed by atoms with Crippen molar-refractivity contribution in [2.24, 2.45) is 0 Å². The summed E-state index contributed by atoms with van der Waals surface area (Å²) in [6.07, 6.45) is 0.744. The molecule has 0 spiro atoms. The van der Waals surface area contributed by atoms with Crippen molar-refractivity contribution >= 4 is 29.1 Å². The molecule has 2 rings (SSSR count). The van der Waals surface area contributed by atoms with Crippen LogP contribution in [0.25, 0.3) is 5.70 Å². The highest BCUT2D eigenvalue weighted by atomic mass is 16.5. The van der Waals surface area contributed by atoms with E-state index in [0.29, 0.717) is 16.9 Å². The first-order valence-electron chi connectivity index (χ1n) is 7.99. The zero-order valence-electron chi connectivity index (χ0n) is 14.4. The molecule has 2 aromatic rings. The van der Waals surface area contributed by atoms with Gasteiger partial charge in [0, 0.05) is 17.5 Å². The van der Waals surface area contributed by atoms with Crippen LogP contribution < -0.4 is 5.32 Å². The summed E-state index contributed by atoms with van der Waals surface area (Å²) in [6.45, 7) is 3.31. The van der Waals surface area contributed by atoms with Gasteiger partial charge in [0.2, 0.25) is 0 Å². The monoisotopic (exact) mass is 353 g/mol. The predicted octanol–water partition coefficient (Wildman–Crippen LogP) is 3.36. The standard InChI is InChI=1S/C20H19NO5/c1-13(2)26-20(25)18(22)12-17(14-7-4-3-5-8-14)21-16-10-6-9-15(11-16)19(23)24/h3-13,21H,1-2H3,(H,23,24)/b17-12-. The molecule has 6 nitrogen and oxygen atoms in total. The van der Waals surface area contributed by atoms with Crippen LogP contribution in [-0.2, 0) is 14.3 Å². The third-order valence-electron chi connectivity index (χ3n) is 3.29. The maximum Gasteiger partial charge on any atom is 0.379 e. The fourth-order valence-electron chi connectivity index (χ4n) is 2.16. The molecule has 0 saturated carbocycles. The quantitative estimate of drug-likeness (QED) is 0.450. The Morgan fingerprint density at radius 2 is 1.65 bits per heavy atom. The van der Waals surface area contributed by atoms with Crippen molar-refractivity contribution in [2.75, 3.05) is 5.32 Å². The first-order chi connectivity index (χ1) is 12.4. The molecule has 0 aliphatic carbocycles. The summed E-state index contributed by atoms with van der Waals surface area (Å²) in [5.74, 6) is -2.82. The van der Waals surface area contributed by atoms with Gasteiger partial charge in [0.1, 0.15) is 0 Å². The average molecular weight is 353 g/mol. The molecule has 0 aliphatic rings. The van der Waals surface area contributed by atoms with Crippen molar-refractivity contribution in [3.63, 3.8) is 0 Å². The van der Waals surface area contributed by atoms with E-state index >= 15 is 0 Å². The van der Waals surface area contributed by atoms with Crippen LogP contribution in [-0.4, -0.2) is 28.9 Å². The number of aromatic carboxylic acids is 1. The number of carboxylic acid groups (broad SMARTS) is 1. The lowest BCUT2D eigenvalue weighted by Crippen LogP contribution is -2.20. The van der Waals surface area contributed by atoms with Gasteiger partial charge in [-0.05, 0) is 37.6 Å². The molecule has 0 saturated heterocycles. The van der Waals surface area contributed by atoms with Crippen LogP contribution in [0, 0.1) is 0 Å². The topological polar surface area (TPSA) is 92.7 Å². The highest BCUT2D eigenvalue weighted by Crippen LogP contribution is 2.20. The molecule has 0 unspecified atom stereocenters. The third kappa shape index (κ3) is 5.31. The minimum atomic E-state index is -1.06. The van der Waals surface area contributed by atoms with E-state index in [1.54, 1.807) is 50.2 Å². The second kappa shape index (κ2) is 8.62. The number of benzene rings is 2. The van der Waals surface area contributed by atoms with Gasteiger partial charge in [0.15, 0.2) is 0 Å². The molecule has 2 N–H and O–H groups in total. The number of ether oxygens (including phenoxy) is 1. The highest BCUT2D eigenvalue weighted by molar-refractivity contribution is 6.39. The van der Waals surface area contributed by atoms with Gasteiger partial charge >= 0.3 is 11.9 Å². The maximum absolute atomic E-state index is 12.1. The van der Waals surface area contributed by atoms with Gasteiger partial charge in [0.05, 0.1) is 11.7 Å². The lowest BCUT2D eigenvalue weighted by Gasteiger charge is -2.12. The van der Waals surface area contributed by atoms with E-state index in [2.05, 4.69) is 5.32 Å². The summed E-state index contributed by atoms with van der Waals surface area (Å²) in [7, 11) is 0. The molecule has 0 amide bonds. The molecule has 0 aliphatic heterocycles. The molecule has 0 bridgehead atoms. The van der Waals surface area contributed by atoms with Crippen LogP contribution >= 0.6 is 0 Å². The molecule has 0 atom stereocenters. The molecule has 0 aromatic heterocycles. The minimum Gasteiger partial charge on any atom is -0.478 e. The van der Waals surface area contributed by atoms with Gasteiger partial charge in [0.25, 0.3) is 5.78 Å². The zero-order valence-corrected chi connectivity index (χ0v) is 14.4. The van der Waals surface area contributed by atoms with Gasteiger partial charge in [-0.1, -0.05) is 36.4 Å². The largest absolute Gasteiger partial charge is 0.478 e. The number of ketones is 1. The zero-order chi connectivity index (χ0) is 19.1. The van der Waals surface area contributed by atoms with Gasteiger partial charge in [-0.3, -0.25) is 4.79 Å². The molecule has 0 fully saturated rings. The molecule has 6 heteroatoms. The smallest absolute Gasteiger partial charge is 0.379 e. The molecule has 134 valence electrons. The normalized spacial score (nSPS) is 11.1. The van der Waals surface area contributed by atoms with Crippen molar-refractivity contribution < 1.29 is 24.2 Å². The Bertz CT molecular complexity index is 840. The first-order valence-corrected chi connectivity index (χ1v) is 7.99. The van der Waals surface area contributed by atoms with Crippen molar-refractivity contribution in [1.29, 1.82) is 0 Å². The van der Waals surface area contributed by atoms with Crippen molar-refractivity contribution in [1.82, 2.24) is 0 Å². The molecule has 0 radical (unpaired) electrons. The van der Waals surface area contributed by atoms with Gasteiger partial charge in [-0.15, -0.1) is 0 Å². The lowest BCUT2D eigenvalue weighted by atomic mass is 10.1. The van der Waals surface area contributed by atoms with Crippen LogP contribution in [0.15, 0.2) is 60.7 Å². The van der Waals surface area contributed by atoms with Crippen LogP contribution in [0.2, 0.25) is 0 Å². The molecule has 26 heavy (non-hydrogen) atoms. The molecular formula is C20H19NO5. The number of hydrogen-bond acceptors (Lipinski definition) is 5. The summed E-state index contributed by atoms with van der Waals surface area (Å²) >= 11 is 0. The average Bonchev–Trinajstić information content (AvgIpc) is 2.61. The van der Waals surface area contributed by atoms with E-state index in [-0.39, 0.29) is 5.56 Å². The fraction of sp³-hybridized carbons (Fsp3) is 0.150. The van der Waals surface area contributed by atoms with E-state index in [1.165, 1.54) is 12.1 Å². The van der Waals surface area contributed by atoms with Gasteiger partial charge < -0.3 is 15.2 Å². The van der Waals surface area contributed by atoms with E-state index < -0.39 is 23.8 Å². The lowest BCUT2D eigenvalue weighted by molar-refractivity contribution is -0.154. The Labute approximate surface area is 151 Å². The van der Waals surface area contributed by atoms with Crippen LogP contribution in [0.1, 0.15) is 29.8 Å². The molecular weight excluding hydrogens is 334 g/mol. The highest BCUT2D eigenvalue weighted by Gasteiger charge is 2.16. The number of nitrogens with one attached hydrogen (secondary N) is 1. The number of carboxylic acids is 1. The Hall–Kier alpha value is -3.41. The number of hydrogen-bond donors (Lipinski definition) is 2. The predicted molar refractivity (Wildman–Crippen MR) is 97.7 cm³/mol. The molecule has 2 aromatic carbocycles. The van der Waals surface area contributed by atoms with Crippen LogP contribution in [0.5, 0.6) is 0 Å². The Kier molecular flexibility index (Phi) is 6.27. The maximum atomic E-state index is 12.1. The summed E-state index contributed by atoms with van der Waals surface area (Å²) in [5, 5.41) is 12.1. The Morgan fingerprint density at radius 1 is 1.00 bits per heavy atom. The van der Waals surface area contributed by atoms with E-state index in [1.807, 2.05) is 6.07 Å². The van der Waals surface area contributed by atoms with Crippen LogP contribution in [0.4, 0.5) is 5.69 Å². The first kappa shape index (κ1) is 18.9. The summed E-state index contributed by atoms with van der Waals surface area (Å²) < 4.78 is 4.91. The fourth-order valence-corrected chi connectivity index (χ4v) is 2.16. The van der Waals surface area contributed by atoms with Gasteiger partial charge in [-0.2, -0.15) is 0 Å². The Balaban J connectivity index is 2.35. The molecule has 0 heterocycles. The second-order valence-corrected chi connectivity index (χ2v) is 5.75. The summed E-state index contributed by atoms with van der Waals surface area (Å²) in [4.78, 5) is 35.1. The Morgan fingerprint density at radius 3 is 2.27 bits per heavy atom. The number of esters is 1. The van der Waals surface area contributed by atoms with Crippen molar-refractivity contribution in [2.45, 2.75) is 20.0 Å². The number of rotatable bonds is 7.